The standard InChI is InChI=1S/C21H20F3N3O3/c1-12-2-4-13(5-3-12)10-27-11-14(8-18(27)29)21(30)25-9-17(28)26-16-7-6-15(22)19(23)20(16)24/h2-7,14H,8-11H2,1H3,(H,25,30)(H,26,28). The summed E-state index contributed by atoms with van der Waals surface area (Å²) in [6.45, 7) is 2.07. The number of halogens is 3. The lowest BCUT2D eigenvalue weighted by Gasteiger charge is -2.17. The Morgan fingerprint density at radius 1 is 1.07 bits per heavy atom. The van der Waals surface area contributed by atoms with E-state index >= 15 is 0 Å². The van der Waals surface area contributed by atoms with Gasteiger partial charge < -0.3 is 15.5 Å². The predicted octanol–water partition coefficient (Wildman–Crippen LogP) is 2.52. The summed E-state index contributed by atoms with van der Waals surface area (Å²) < 4.78 is 39.7. The highest BCUT2D eigenvalue weighted by Gasteiger charge is 2.34. The van der Waals surface area contributed by atoms with Gasteiger partial charge in [-0.25, -0.2) is 13.2 Å². The second-order valence-corrected chi connectivity index (χ2v) is 7.15. The van der Waals surface area contributed by atoms with Crippen LogP contribution in [0.5, 0.6) is 0 Å². The summed E-state index contributed by atoms with van der Waals surface area (Å²) in [5.41, 5.74) is 1.52. The molecule has 0 radical (unpaired) electrons. The number of carbonyl (C=O) groups is 3. The van der Waals surface area contributed by atoms with Gasteiger partial charge in [-0.1, -0.05) is 29.8 Å². The maximum absolute atomic E-state index is 13.6. The fourth-order valence-corrected chi connectivity index (χ4v) is 3.14. The van der Waals surface area contributed by atoms with E-state index in [0.29, 0.717) is 12.6 Å². The summed E-state index contributed by atoms with van der Waals surface area (Å²) in [5.74, 6) is -6.68. The van der Waals surface area contributed by atoms with E-state index in [9.17, 15) is 27.6 Å². The number of hydrogen-bond donors (Lipinski definition) is 2. The number of aryl methyl sites for hydroxylation is 1. The van der Waals surface area contributed by atoms with Crippen molar-refractivity contribution in [2.24, 2.45) is 5.92 Å². The minimum Gasteiger partial charge on any atom is -0.347 e. The number of hydrogen-bond acceptors (Lipinski definition) is 3. The van der Waals surface area contributed by atoms with Gasteiger partial charge in [-0.05, 0) is 24.6 Å². The van der Waals surface area contributed by atoms with E-state index in [2.05, 4.69) is 10.6 Å². The van der Waals surface area contributed by atoms with Crippen LogP contribution in [0.3, 0.4) is 0 Å². The Hall–Kier alpha value is -3.36. The van der Waals surface area contributed by atoms with Crippen LogP contribution < -0.4 is 10.6 Å². The third-order valence-electron chi connectivity index (χ3n) is 4.81. The first-order chi connectivity index (χ1) is 14.2. The van der Waals surface area contributed by atoms with Crippen LogP contribution in [0.2, 0.25) is 0 Å². The lowest BCUT2D eigenvalue weighted by molar-refractivity contribution is -0.129. The molecule has 158 valence electrons. The lowest BCUT2D eigenvalue weighted by atomic mass is 10.1. The van der Waals surface area contributed by atoms with Gasteiger partial charge in [-0.15, -0.1) is 0 Å². The predicted molar refractivity (Wildman–Crippen MR) is 103 cm³/mol. The van der Waals surface area contributed by atoms with Gasteiger partial charge in [0.1, 0.15) is 0 Å². The van der Waals surface area contributed by atoms with Crippen molar-refractivity contribution in [3.63, 3.8) is 0 Å². The van der Waals surface area contributed by atoms with Gasteiger partial charge in [0, 0.05) is 19.5 Å². The molecule has 1 saturated heterocycles. The molecule has 0 spiro atoms. The molecule has 2 aromatic rings. The molecule has 1 unspecified atom stereocenters. The van der Waals surface area contributed by atoms with Crippen molar-refractivity contribution >= 4 is 23.4 Å². The fraction of sp³-hybridized carbons (Fsp3) is 0.286. The Balaban J connectivity index is 1.50. The topological polar surface area (TPSA) is 78.5 Å². The number of benzene rings is 2. The molecule has 3 rings (SSSR count). The summed E-state index contributed by atoms with van der Waals surface area (Å²) in [6, 6.07) is 9.27. The van der Waals surface area contributed by atoms with Crippen molar-refractivity contribution in [3.05, 3.63) is 65.0 Å². The minimum atomic E-state index is -1.70. The molecule has 2 aromatic carbocycles. The fourth-order valence-electron chi connectivity index (χ4n) is 3.14. The maximum atomic E-state index is 13.6. The summed E-state index contributed by atoms with van der Waals surface area (Å²) in [6.07, 6.45) is 0.0249. The quantitative estimate of drug-likeness (QED) is 0.707. The number of amides is 3. The van der Waals surface area contributed by atoms with Crippen LogP contribution in [0.4, 0.5) is 18.9 Å². The van der Waals surface area contributed by atoms with Gasteiger partial charge >= 0.3 is 0 Å². The molecule has 6 nitrogen and oxygen atoms in total. The number of likely N-dealkylation sites (tertiary alicyclic amines) is 1. The molecule has 3 amide bonds. The Kier molecular flexibility index (Phi) is 6.39. The largest absolute Gasteiger partial charge is 0.347 e. The van der Waals surface area contributed by atoms with E-state index in [-0.39, 0.29) is 18.9 Å². The van der Waals surface area contributed by atoms with E-state index < -0.39 is 47.4 Å². The maximum Gasteiger partial charge on any atom is 0.243 e. The zero-order valence-corrected chi connectivity index (χ0v) is 16.2. The number of nitrogens with zero attached hydrogens (tertiary/aromatic N) is 1. The van der Waals surface area contributed by atoms with Gasteiger partial charge in [-0.2, -0.15) is 0 Å². The van der Waals surface area contributed by atoms with Gasteiger partial charge in [0.15, 0.2) is 17.5 Å². The van der Waals surface area contributed by atoms with Crippen LogP contribution in [0.25, 0.3) is 0 Å². The zero-order valence-electron chi connectivity index (χ0n) is 16.2. The molecule has 2 N–H and O–H groups in total. The van der Waals surface area contributed by atoms with E-state index in [1.165, 1.54) is 0 Å². The summed E-state index contributed by atoms with van der Waals surface area (Å²) >= 11 is 0. The van der Waals surface area contributed by atoms with E-state index in [1.54, 1.807) is 4.90 Å². The normalized spacial score (nSPS) is 15.9. The van der Waals surface area contributed by atoms with Crippen LogP contribution in [-0.4, -0.2) is 35.7 Å². The molecule has 0 aromatic heterocycles. The number of rotatable bonds is 6. The molecule has 1 aliphatic rings. The molecular formula is C21H20F3N3O3. The first-order valence-corrected chi connectivity index (χ1v) is 9.29. The van der Waals surface area contributed by atoms with Crippen LogP contribution in [0, 0.1) is 30.3 Å². The molecule has 1 aliphatic heterocycles. The zero-order chi connectivity index (χ0) is 21.8. The highest BCUT2D eigenvalue weighted by Crippen LogP contribution is 2.21. The van der Waals surface area contributed by atoms with Crippen molar-refractivity contribution in [1.82, 2.24) is 10.2 Å². The number of anilines is 1. The van der Waals surface area contributed by atoms with Crippen LogP contribution in [0.1, 0.15) is 17.5 Å². The number of carbonyl (C=O) groups excluding carboxylic acids is 3. The number of nitrogens with one attached hydrogen (secondary N) is 2. The molecule has 1 heterocycles. The average Bonchev–Trinajstić information content (AvgIpc) is 3.09. The molecule has 1 fully saturated rings. The average molecular weight is 419 g/mol. The lowest BCUT2D eigenvalue weighted by Crippen LogP contribution is -2.38. The summed E-state index contributed by atoms with van der Waals surface area (Å²) in [7, 11) is 0. The summed E-state index contributed by atoms with van der Waals surface area (Å²) in [5, 5.41) is 4.45. The molecule has 0 saturated carbocycles. The first kappa shape index (κ1) is 21.4. The van der Waals surface area contributed by atoms with Gasteiger partial charge in [0.25, 0.3) is 0 Å². The minimum absolute atomic E-state index is 0.0249. The third kappa shape index (κ3) is 4.97. The van der Waals surface area contributed by atoms with Gasteiger partial charge in [0.05, 0.1) is 18.2 Å². The monoisotopic (exact) mass is 419 g/mol. The second kappa shape index (κ2) is 8.98. The Bertz CT molecular complexity index is 979. The van der Waals surface area contributed by atoms with Crippen molar-refractivity contribution in [2.75, 3.05) is 18.4 Å². The van der Waals surface area contributed by atoms with Gasteiger partial charge in [-0.3, -0.25) is 14.4 Å². The van der Waals surface area contributed by atoms with Crippen LogP contribution in [-0.2, 0) is 20.9 Å². The van der Waals surface area contributed by atoms with Crippen molar-refractivity contribution in [1.29, 1.82) is 0 Å². The SMILES string of the molecule is Cc1ccc(CN2CC(C(=O)NCC(=O)Nc3ccc(F)c(F)c3F)CC2=O)cc1. The molecule has 0 bridgehead atoms. The molecular weight excluding hydrogens is 399 g/mol. The van der Waals surface area contributed by atoms with E-state index in [0.717, 1.165) is 17.2 Å². The van der Waals surface area contributed by atoms with Crippen molar-refractivity contribution in [3.8, 4) is 0 Å². The summed E-state index contributed by atoms with van der Waals surface area (Å²) in [4.78, 5) is 38.0. The third-order valence-corrected chi connectivity index (χ3v) is 4.81. The Labute approximate surface area is 171 Å². The molecule has 9 heteroatoms. The van der Waals surface area contributed by atoms with Crippen molar-refractivity contribution in [2.45, 2.75) is 19.9 Å². The molecule has 30 heavy (non-hydrogen) atoms. The molecule has 1 atom stereocenters. The van der Waals surface area contributed by atoms with Crippen LogP contribution in [0.15, 0.2) is 36.4 Å². The van der Waals surface area contributed by atoms with Gasteiger partial charge in [0.2, 0.25) is 17.7 Å². The Morgan fingerprint density at radius 2 is 1.77 bits per heavy atom. The smallest absolute Gasteiger partial charge is 0.243 e. The first-order valence-electron chi connectivity index (χ1n) is 9.29. The highest BCUT2D eigenvalue weighted by molar-refractivity contribution is 5.96. The van der Waals surface area contributed by atoms with E-state index in [1.807, 2.05) is 31.2 Å². The second-order valence-electron chi connectivity index (χ2n) is 7.15. The molecule has 0 aliphatic carbocycles. The highest BCUT2D eigenvalue weighted by atomic mass is 19.2. The van der Waals surface area contributed by atoms with E-state index in [4.69, 9.17) is 0 Å². The Morgan fingerprint density at radius 3 is 2.47 bits per heavy atom. The van der Waals surface area contributed by atoms with Crippen molar-refractivity contribution < 1.29 is 27.6 Å². The van der Waals surface area contributed by atoms with Crippen LogP contribution >= 0.6 is 0 Å².